The molecule has 350 valence electrons. The van der Waals surface area contributed by atoms with Crippen LogP contribution in [0.2, 0.25) is 0 Å². The van der Waals surface area contributed by atoms with E-state index in [1.54, 1.807) is 27.9 Å². The summed E-state index contributed by atoms with van der Waals surface area (Å²) in [6.45, 7) is 18.0. The molecule has 3 rings (SSSR count). The summed E-state index contributed by atoms with van der Waals surface area (Å²) in [7, 11) is 3.44. The Labute approximate surface area is 373 Å². The van der Waals surface area contributed by atoms with Crippen LogP contribution < -0.4 is 26.6 Å². The number of rotatable bonds is 24. The molecule has 2 saturated heterocycles. The number of nitrogens with one attached hydrogen (secondary N) is 5. The number of carbonyl (C=O) groups is 6. The first-order valence-corrected chi connectivity index (χ1v) is 23.4. The zero-order chi connectivity index (χ0) is 46.0. The third kappa shape index (κ3) is 16.6. The van der Waals surface area contributed by atoms with Gasteiger partial charge in [-0.05, 0) is 89.3 Å². The molecular weight excluding hydrogens is 785 g/mol. The van der Waals surface area contributed by atoms with E-state index in [4.69, 9.17) is 0 Å². The van der Waals surface area contributed by atoms with Gasteiger partial charge in [-0.15, -0.1) is 0 Å². The van der Waals surface area contributed by atoms with E-state index in [0.29, 0.717) is 45.6 Å². The molecule has 14 heteroatoms. The molecule has 0 radical (unpaired) electrons. The predicted molar refractivity (Wildman–Crippen MR) is 246 cm³/mol. The second kappa shape index (κ2) is 25.3. The van der Waals surface area contributed by atoms with Crippen molar-refractivity contribution in [3.8, 4) is 0 Å². The first-order valence-electron chi connectivity index (χ1n) is 23.4. The van der Waals surface area contributed by atoms with Crippen molar-refractivity contribution >= 4 is 35.4 Å². The Hall–Kier alpha value is -4.04. The molecule has 0 bridgehead atoms. The van der Waals surface area contributed by atoms with Crippen LogP contribution in [0.1, 0.15) is 138 Å². The lowest BCUT2D eigenvalue weighted by molar-refractivity contribution is -0.142. The Morgan fingerprint density at radius 2 is 1.15 bits per heavy atom. The summed E-state index contributed by atoms with van der Waals surface area (Å²) in [5, 5.41) is 14.9. The minimum absolute atomic E-state index is 0.0152. The van der Waals surface area contributed by atoms with E-state index in [2.05, 4.69) is 38.7 Å². The van der Waals surface area contributed by atoms with Crippen LogP contribution in [-0.2, 0) is 35.2 Å². The largest absolute Gasteiger partial charge is 0.354 e. The van der Waals surface area contributed by atoms with Crippen LogP contribution in [0, 0.1) is 10.8 Å². The lowest BCUT2D eigenvalue weighted by Crippen LogP contribution is -2.59. The molecule has 0 aromatic heterocycles. The first-order chi connectivity index (χ1) is 29.3. The van der Waals surface area contributed by atoms with Crippen molar-refractivity contribution in [1.82, 2.24) is 41.3 Å². The molecule has 0 saturated carbocycles. The van der Waals surface area contributed by atoms with E-state index in [-0.39, 0.29) is 47.5 Å². The molecule has 5 N–H and O–H groups in total. The van der Waals surface area contributed by atoms with Crippen LogP contribution in [0.3, 0.4) is 0 Å². The molecule has 2 aliphatic heterocycles. The molecule has 0 spiro atoms. The SMILES string of the molecule is CN[C@@H](C)C(=O)N[C@H](C(=O)N1CCC[C@H]1CNC(=O)CCCCCCCCC(=O)N(CCc1ccccc1)C[C@@H]1CCCN1C(=O)[C@@H](NC(=O)[C@H](C)NC)C(C)(C)C)C(C)(C)C. The van der Waals surface area contributed by atoms with E-state index in [1.807, 2.05) is 74.4 Å². The predicted octanol–water partition coefficient (Wildman–Crippen LogP) is 4.55. The second-order valence-corrected chi connectivity index (χ2v) is 19.8. The summed E-state index contributed by atoms with van der Waals surface area (Å²) in [5.74, 6) is -0.540. The quantitative estimate of drug-likeness (QED) is 0.0943. The van der Waals surface area contributed by atoms with E-state index >= 15 is 0 Å². The van der Waals surface area contributed by atoms with Gasteiger partial charge in [-0.1, -0.05) is 97.6 Å². The molecule has 6 amide bonds. The van der Waals surface area contributed by atoms with Gasteiger partial charge in [-0.3, -0.25) is 28.8 Å². The Kier molecular flexibility index (Phi) is 21.3. The number of unbranched alkanes of at least 4 members (excludes halogenated alkanes) is 5. The fourth-order valence-electron chi connectivity index (χ4n) is 8.31. The first kappa shape index (κ1) is 52.3. The van der Waals surface area contributed by atoms with E-state index in [0.717, 1.165) is 76.2 Å². The number of hydrogen-bond donors (Lipinski definition) is 5. The summed E-state index contributed by atoms with van der Waals surface area (Å²) in [6.07, 6.45) is 10.3. The van der Waals surface area contributed by atoms with Gasteiger partial charge >= 0.3 is 0 Å². The van der Waals surface area contributed by atoms with Crippen molar-refractivity contribution in [2.24, 2.45) is 10.8 Å². The minimum atomic E-state index is -0.684. The molecule has 62 heavy (non-hydrogen) atoms. The van der Waals surface area contributed by atoms with Gasteiger partial charge in [0, 0.05) is 57.6 Å². The molecular formula is C48H82N8O6. The van der Waals surface area contributed by atoms with Gasteiger partial charge in [0.25, 0.3) is 0 Å². The highest BCUT2D eigenvalue weighted by atomic mass is 16.2. The van der Waals surface area contributed by atoms with Crippen molar-refractivity contribution in [3.63, 3.8) is 0 Å². The summed E-state index contributed by atoms with van der Waals surface area (Å²) in [4.78, 5) is 85.7. The number of benzene rings is 1. The van der Waals surface area contributed by atoms with Crippen molar-refractivity contribution in [1.29, 1.82) is 0 Å². The summed E-state index contributed by atoms with van der Waals surface area (Å²) >= 11 is 0. The van der Waals surface area contributed by atoms with Gasteiger partial charge in [0.1, 0.15) is 12.1 Å². The third-order valence-electron chi connectivity index (χ3n) is 12.6. The third-order valence-corrected chi connectivity index (χ3v) is 12.6. The summed E-state index contributed by atoms with van der Waals surface area (Å²) in [6, 6.07) is 7.75. The minimum Gasteiger partial charge on any atom is -0.354 e. The summed E-state index contributed by atoms with van der Waals surface area (Å²) < 4.78 is 0. The number of carbonyl (C=O) groups excluding carboxylic acids is 6. The van der Waals surface area contributed by atoms with E-state index < -0.39 is 35.0 Å². The molecule has 1 aromatic carbocycles. The van der Waals surface area contributed by atoms with E-state index in [1.165, 1.54) is 0 Å². The Balaban J connectivity index is 1.45. The van der Waals surface area contributed by atoms with Crippen LogP contribution >= 0.6 is 0 Å². The van der Waals surface area contributed by atoms with Crippen molar-refractivity contribution in [2.45, 2.75) is 175 Å². The zero-order valence-electron chi connectivity index (χ0n) is 39.9. The summed E-state index contributed by atoms with van der Waals surface area (Å²) in [5.41, 5.74) is 0.197. The number of likely N-dealkylation sites (tertiary alicyclic amines) is 2. The molecule has 6 atom stereocenters. The van der Waals surface area contributed by atoms with Gasteiger partial charge in [-0.25, -0.2) is 0 Å². The van der Waals surface area contributed by atoms with Gasteiger partial charge in [0.05, 0.1) is 12.1 Å². The van der Waals surface area contributed by atoms with Gasteiger partial charge < -0.3 is 41.3 Å². The van der Waals surface area contributed by atoms with Crippen molar-refractivity contribution < 1.29 is 28.8 Å². The molecule has 1 aromatic rings. The molecule has 0 unspecified atom stereocenters. The van der Waals surface area contributed by atoms with Crippen molar-refractivity contribution in [3.05, 3.63) is 35.9 Å². The maximum absolute atomic E-state index is 14.1. The van der Waals surface area contributed by atoms with Gasteiger partial charge in [-0.2, -0.15) is 0 Å². The van der Waals surface area contributed by atoms with Gasteiger partial charge in [0.2, 0.25) is 35.4 Å². The lowest BCUT2D eigenvalue weighted by atomic mass is 9.85. The average Bonchev–Trinajstić information content (AvgIpc) is 3.91. The maximum atomic E-state index is 14.1. The number of likely N-dealkylation sites (N-methyl/N-ethyl adjacent to an activating group) is 2. The fraction of sp³-hybridized carbons (Fsp3) is 0.750. The van der Waals surface area contributed by atoms with Crippen LogP contribution in [0.4, 0.5) is 0 Å². The highest BCUT2D eigenvalue weighted by Crippen LogP contribution is 2.28. The van der Waals surface area contributed by atoms with Gasteiger partial charge in [0.15, 0.2) is 0 Å². The topological polar surface area (TPSA) is 172 Å². The standard InChI is InChI=1S/C48H82N8O6/c1-34(49-9)43(59)52-41(47(3,4)5)45(61)55-29-20-24-37(55)32-51-39(57)26-18-13-11-12-14-19-27-40(58)54(31-28-36-22-16-15-17-23-36)33-38-25-21-30-56(38)46(62)42(48(6,7)8)53-44(60)35(2)50-10/h15-17,22-23,34-35,37-38,41-42,49-50H,11-14,18-21,24-33H2,1-10H3,(H,51,57)(H,52,59)(H,53,60)/t34-,35-,37-,38-,41+,42+/m0/s1. The van der Waals surface area contributed by atoms with Crippen LogP contribution in [-0.4, -0.2) is 133 Å². The Morgan fingerprint density at radius 1 is 0.677 bits per heavy atom. The number of hydrogen-bond acceptors (Lipinski definition) is 8. The molecule has 2 aliphatic rings. The maximum Gasteiger partial charge on any atom is 0.246 e. The second-order valence-electron chi connectivity index (χ2n) is 19.8. The monoisotopic (exact) mass is 867 g/mol. The lowest BCUT2D eigenvalue weighted by Gasteiger charge is -2.37. The van der Waals surface area contributed by atoms with E-state index in [9.17, 15) is 28.8 Å². The number of nitrogens with zero attached hydrogens (tertiary/aromatic N) is 3. The van der Waals surface area contributed by atoms with Crippen LogP contribution in [0.15, 0.2) is 30.3 Å². The normalized spacial score (nSPS) is 18.7. The highest BCUT2D eigenvalue weighted by molar-refractivity contribution is 5.91. The average molecular weight is 867 g/mol. The molecule has 2 fully saturated rings. The zero-order valence-corrected chi connectivity index (χ0v) is 39.9. The fourth-order valence-corrected chi connectivity index (χ4v) is 8.31. The Bertz CT molecular complexity index is 1590. The molecule has 2 heterocycles. The highest BCUT2D eigenvalue weighted by Gasteiger charge is 2.42. The smallest absolute Gasteiger partial charge is 0.246 e. The van der Waals surface area contributed by atoms with Crippen LogP contribution in [0.5, 0.6) is 0 Å². The molecule has 0 aliphatic carbocycles. The molecule has 14 nitrogen and oxygen atoms in total. The van der Waals surface area contributed by atoms with Crippen molar-refractivity contribution in [2.75, 3.05) is 46.8 Å². The Morgan fingerprint density at radius 3 is 1.65 bits per heavy atom. The number of amides is 6. The van der Waals surface area contributed by atoms with Crippen LogP contribution in [0.25, 0.3) is 0 Å².